The van der Waals surface area contributed by atoms with Crippen LogP contribution >= 0.6 is 11.6 Å². The second kappa shape index (κ2) is 5.20. The van der Waals surface area contributed by atoms with Crippen molar-refractivity contribution in [3.8, 4) is 0 Å². The van der Waals surface area contributed by atoms with Crippen molar-refractivity contribution in [2.75, 3.05) is 11.9 Å². The van der Waals surface area contributed by atoms with Crippen molar-refractivity contribution in [2.24, 2.45) is 0 Å². The molecule has 6 heteroatoms. The third kappa shape index (κ3) is 2.52. The molecule has 0 amide bonds. The topological polar surface area (TPSA) is 82.5 Å². The molecule has 1 aromatic heterocycles. The first-order valence-electron chi connectivity index (χ1n) is 5.26. The van der Waals surface area contributed by atoms with Crippen LogP contribution in [0, 0.1) is 0 Å². The number of aliphatic hydroxyl groups excluding tert-OH is 1. The second-order valence-corrected chi connectivity index (χ2v) is 4.18. The molecule has 0 bridgehead atoms. The van der Waals surface area contributed by atoms with Crippen molar-refractivity contribution in [1.29, 1.82) is 0 Å². The van der Waals surface area contributed by atoms with Gasteiger partial charge in [-0.25, -0.2) is 9.78 Å². The summed E-state index contributed by atoms with van der Waals surface area (Å²) in [5, 5.41) is 22.7. The number of rotatable bonds is 4. The lowest BCUT2D eigenvalue weighted by Crippen LogP contribution is -2.33. The number of carboxylic acids is 1. The minimum absolute atomic E-state index is 0.408. The van der Waals surface area contributed by atoms with Crippen LogP contribution in [0.4, 0.5) is 5.82 Å². The van der Waals surface area contributed by atoms with Crippen LogP contribution in [0.25, 0.3) is 10.8 Å². The zero-order valence-corrected chi connectivity index (χ0v) is 10.1. The number of nitrogens with zero attached hydrogens (tertiary/aromatic N) is 1. The molecule has 0 spiro atoms. The van der Waals surface area contributed by atoms with E-state index in [2.05, 4.69) is 10.3 Å². The molecular formula is C12H11ClN2O3. The molecule has 2 aromatic rings. The normalized spacial score (nSPS) is 12.3. The van der Waals surface area contributed by atoms with Gasteiger partial charge in [0.1, 0.15) is 11.9 Å². The molecule has 1 atom stereocenters. The van der Waals surface area contributed by atoms with Gasteiger partial charge in [0.15, 0.2) is 0 Å². The summed E-state index contributed by atoms with van der Waals surface area (Å²) in [6, 6.07) is 5.91. The van der Waals surface area contributed by atoms with E-state index < -0.39 is 18.6 Å². The molecule has 5 nitrogen and oxygen atoms in total. The minimum atomic E-state index is -1.13. The van der Waals surface area contributed by atoms with E-state index in [1.165, 1.54) is 0 Å². The quantitative estimate of drug-likeness (QED) is 0.785. The molecule has 94 valence electrons. The van der Waals surface area contributed by atoms with Gasteiger partial charge in [-0.2, -0.15) is 0 Å². The highest BCUT2D eigenvalue weighted by Gasteiger charge is 2.17. The largest absolute Gasteiger partial charge is 0.480 e. The first kappa shape index (κ1) is 12.6. The summed E-state index contributed by atoms with van der Waals surface area (Å²) in [6.45, 7) is -0.513. The van der Waals surface area contributed by atoms with Gasteiger partial charge in [-0.15, -0.1) is 0 Å². The lowest BCUT2D eigenvalue weighted by molar-refractivity contribution is -0.138. The molecule has 18 heavy (non-hydrogen) atoms. The SMILES string of the molecule is O=C(O)C(CO)Nc1nccc2cc(Cl)ccc12. The Morgan fingerprint density at radius 3 is 2.89 bits per heavy atom. The van der Waals surface area contributed by atoms with Gasteiger partial charge in [0, 0.05) is 16.6 Å². The van der Waals surface area contributed by atoms with E-state index in [0.29, 0.717) is 10.8 Å². The molecule has 1 heterocycles. The van der Waals surface area contributed by atoms with Gasteiger partial charge in [0.05, 0.1) is 6.61 Å². The van der Waals surface area contributed by atoms with E-state index in [0.717, 1.165) is 10.8 Å². The Morgan fingerprint density at radius 1 is 1.44 bits per heavy atom. The lowest BCUT2D eigenvalue weighted by Gasteiger charge is -2.14. The molecule has 3 N–H and O–H groups in total. The number of aliphatic carboxylic acids is 1. The first-order chi connectivity index (χ1) is 8.61. The number of hydrogen-bond donors (Lipinski definition) is 3. The summed E-state index contributed by atoms with van der Waals surface area (Å²) in [6.07, 6.45) is 1.55. The van der Waals surface area contributed by atoms with Crippen molar-refractivity contribution >= 4 is 34.2 Å². The molecule has 0 fully saturated rings. The van der Waals surface area contributed by atoms with E-state index in [1.807, 2.05) is 0 Å². The third-order valence-electron chi connectivity index (χ3n) is 2.52. The lowest BCUT2D eigenvalue weighted by atomic mass is 10.1. The van der Waals surface area contributed by atoms with Crippen molar-refractivity contribution in [1.82, 2.24) is 4.98 Å². The fraction of sp³-hybridized carbons (Fsp3) is 0.167. The number of carboxylic acid groups (broad SMARTS) is 1. The fourth-order valence-electron chi connectivity index (χ4n) is 1.61. The minimum Gasteiger partial charge on any atom is -0.480 e. The summed E-state index contributed by atoms with van der Waals surface area (Å²) >= 11 is 5.88. The van der Waals surface area contributed by atoms with Gasteiger partial charge in [-0.1, -0.05) is 11.6 Å². The average molecular weight is 267 g/mol. The molecule has 1 unspecified atom stereocenters. The monoisotopic (exact) mass is 266 g/mol. The molecule has 0 saturated carbocycles. The summed E-state index contributed by atoms with van der Waals surface area (Å²) in [7, 11) is 0. The number of halogens is 1. The number of nitrogens with one attached hydrogen (secondary N) is 1. The van der Waals surface area contributed by atoms with Crippen LogP contribution in [0.15, 0.2) is 30.5 Å². The highest BCUT2D eigenvalue weighted by molar-refractivity contribution is 6.31. The maximum absolute atomic E-state index is 10.9. The van der Waals surface area contributed by atoms with Crippen molar-refractivity contribution in [3.05, 3.63) is 35.5 Å². The number of hydrogen-bond acceptors (Lipinski definition) is 4. The zero-order chi connectivity index (χ0) is 13.1. The van der Waals surface area contributed by atoms with E-state index in [1.54, 1.807) is 30.5 Å². The second-order valence-electron chi connectivity index (χ2n) is 3.74. The van der Waals surface area contributed by atoms with E-state index in [4.69, 9.17) is 21.8 Å². The van der Waals surface area contributed by atoms with Crippen LogP contribution < -0.4 is 5.32 Å². The van der Waals surface area contributed by atoms with Crippen molar-refractivity contribution in [3.63, 3.8) is 0 Å². The average Bonchev–Trinajstić information content (AvgIpc) is 2.35. The highest BCUT2D eigenvalue weighted by Crippen LogP contribution is 2.24. The van der Waals surface area contributed by atoms with E-state index >= 15 is 0 Å². The molecule has 1 aromatic carbocycles. The van der Waals surface area contributed by atoms with Crippen LogP contribution in [-0.4, -0.2) is 33.8 Å². The van der Waals surface area contributed by atoms with Crippen LogP contribution in [0.1, 0.15) is 0 Å². The summed E-state index contributed by atoms with van der Waals surface area (Å²) in [5.41, 5.74) is 0. The summed E-state index contributed by atoms with van der Waals surface area (Å²) in [5.74, 6) is -0.726. The molecule has 0 aliphatic rings. The van der Waals surface area contributed by atoms with Gasteiger partial charge >= 0.3 is 5.97 Å². The number of carbonyl (C=O) groups is 1. The number of aliphatic hydroxyl groups is 1. The van der Waals surface area contributed by atoms with Gasteiger partial charge in [-0.3, -0.25) is 0 Å². The van der Waals surface area contributed by atoms with Crippen LogP contribution in [-0.2, 0) is 4.79 Å². The molecular weight excluding hydrogens is 256 g/mol. The Bertz CT molecular complexity index is 589. The summed E-state index contributed by atoms with van der Waals surface area (Å²) < 4.78 is 0. The van der Waals surface area contributed by atoms with E-state index in [9.17, 15) is 4.79 Å². The molecule has 2 rings (SSSR count). The highest BCUT2D eigenvalue weighted by atomic mass is 35.5. The van der Waals surface area contributed by atoms with Gasteiger partial charge in [0.2, 0.25) is 0 Å². The Balaban J connectivity index is 2.42. The number of aromatic nitrogens is 1. The zero-order valence-electron chi connectivity index (χ0n) is 9.30. The standard InChI is InChI=1S/C12H11ClN2O3/c13-8-1-2-9-7(5-8)3-4-14-11(9)15-10(6-16)12(17)18/h1-5,10,16H,6H2,(H,14,15)(H,17,18). The van der Waals surface area contributed by atoms with Crippen molar-refractivity contribution in [2.45, 2.75) is 6.04 Å². The third-order valence-corrected chi connectivity index (χ3v) is 2.75. The van der Waals surface area contributed by atoms with E-state index in [-0.39, 0.29) is 0 Å². The van der Waals surface area contributed by atoms with Crippen LogP contribution in [0.3, 0.4) is 0 Å². The first-order valence-corrected chi connectivity index (χ1v) is 5.64. The Labute approximate surface area is 108 Å². The van der Waals surface area contributed by atoms with Crippen LogP contribution in [0.2, 0.25) is 5.02 Å². The fourth-order valence-corrected chi connectivity index (χ4v) is 1.79. The Hall–Kier alpha value is -1.85. The summed E-state index contributed by atoms with van der Waals surface area (Å²) in [4.78, 5) is 14.9. The molecule has 0 radical (unpaired) electrons. The van der Waals surface area contributed by atoms with Gasteiger partial charge < -0.3 is 15.5 Å². The number of fused-ring (bicyclic) bond motifs is 1. The Kier molecular flexibility index (Phi) is 3.64. The Morgan fingerprint density at radius 2 is 2.22 bits per heavy atom. The number of anilines is 1. The van der Waals surface area contributed by atoms with Crippen LogP contribution in [0.5, 0.6) is 0 Å². The van der Waals surface area contributed by atoms with Gasteiger partial charge in [0.25, 0.3) is 0 Å². The molecule has 0 saturated heterocycles. The maximum Gasteiger partial charge on any atom is 0.328 e. The molecule has 0 aliphatic carbocycles. The molecule has 0 aliphatic heterocycles. The van der Waals surface area contributed by atoms with Crippen molar-refractivity contribution < 1.29 is 15.0 Å². The maximum atomic E-state index is 10.9. The van der Waals surface area contributed by atoms with Gasteiger partial charge in [-0.05, 0) is 29.7 Å². The number of benzene rings is 1. The predicted molar refractivity (Wildman–Crippen MR) is 68.9 cm³/mol. The smallest absolute Gasteiger partial charge is 0.328 e. The predicted octanol–water partition coefficient (Wildman–Crippen LogP) is 1.75. The number of pyridine rings is 1.